The third-order valence-corrected chi connectivity index (χ3v) is 3.26. The Balaban J connectivity index is 0. The molecule has 16 heteroatoms. The molecule has 0 spiro atoms. The largest absolute Gasteiger partial charge is 2.00 e. The molecular formula is C6H10Ca2O12P2. The van der Waals surface area contributed by atoms with Gasteiger partial charge >= 0.3 is 75.5 Å². The van der Waals surface area contributed by atoms with Crippen molar-refractivity contribution in [3.8, 4) is 0 Å². The number of phosphoric acid groups is 2. The van der Waals surface area contributed by atoms with Gasteiger partial charge in [-0.25, -0.2) is 0 Å². The molecule has 0 aromatic heterocycles. The first-order valence-corrected chi connectivity index (χ1v) is 7.86. The van der Waals surface area contributed by atoms with Gasteiger partial charge in [0, 0.05) is 0 Å². The second-order valence-corrected chi connectivity index (χ2v) is 6.21. The summed E-state index contributed by atoms with van der Waals surface area (Å²) in [5.74, 6) is -2.78. The minimum absolute atomic E-state index is 0. The minimum atomic E-state index is -5.48. The summed E-state index contributed by atoms with van der Waals surface area (Å²) in [4.78, 5) is 41.0. The van der Waals surface area contributed by atoms with E-state index in [4.69, 9.17) is 0 Å². The van der Waals surface area contributed by atoms with Gasteiger partial charge in [-0.1, -0.05) is 0 Å². The van der Waals surface area contributed by atoms with Gasteiger partial charge in [-0.3, -0.25) is 0 Å². The predicted molar refractivity (Wildman–Crippen MR) is 60.5 cm³/mol. The van der Waals surface area contributed by atoms with Crippen molar-refractivity contribution >= 4 is 91.1 Å². The first-order chi connectivity index (χ1) is 8.84. The summed E-state index contributed by atoms with van der Waals surface area (Å²) in [6, 6.07) is 0. The van der Waals surface area contributed by atoms with E-state index >= 15 is 0 Å². The summed E-state index contributed by atoms with van der Waals surface area (Å²) in [6.07, 6.45) is -5.69. The maximum Gasteiger partial charge on any atom is 2.00 e. The molecule has 0 aliphatic carbocycles. The van der Waals surface area contributed by atoms with Crippen LogP contribution in [0.25, 0.3) is 0 Å². The summed E-state index contributed by atoms with van der Waals surface area (Å²) in [7, 11) is -10.9. The zero-order valence-electron chi connectivity index (χ0n) is 11.0. The molecule has 0 saturated carbocycles. The van der Waals surface area contributed by atoms with Crippen molar-refractivity contribution in [3.63, 3.8) is 0 Å². The van der Waals surface area contributed by atoms with Gasteiger partial charge in [0.1, 0.15) is 24.9 Å². The van der Waals surface area contributed by atoms with Gasteiger partial charge in [-0.05, 0) is 0 Å². The Morgan fingerprint density at radius 1 is 1.05 bits per heavy atom. The van der Waals surface area contributed by atoms with E-state index in [9.17, 15) is 44.0 Å². The van der Waals surface area contributed by atoms with Crippen molar-refractivity contribution < 1.29 is 57.8 Å². The smallest absolute Gasteiger partial charge is 0.790 e. The van der Waals surface area contributed by atoms with Gasteiger partial charge in [-0.2, -0.15) is 0 Å². The van der Waals surface area contributed by atoms with Crippen molar-refractivity contribution in [1.82, 2.24) is 0 Å². The van der Waals surface area contributed by atoms with Gasteiger partial charge in [-0.15, -0.1) is 0 Å². The van der Waals surface area contributed by atoms with Crippen molar-refractivity contribution in [2.75, 3.05) is 13.2 Å². The SMILES string of the molecule is O=P([O-])([O-])OC[C@H]1O[C@](O)(COP(=O)([O-])[O-])[C@@H](O)[C@@H]1O.[Ca+2].[Ca+2]. The number of phosphoric ester groups is 2. The summed E-state index contributed by atoms with van der Waals surface area (Å²) < 4.78 is 32.6. The first-order valence-electron chi connectivity index (χ1n) is 4.93. The van der Waals surface area contributed by atoms with Crippen LogP contribution in [0.3, 0.4) is 0 Å². The number of rotatable bonds is 6. The second-order valence-electron chi connectivity index (χ2n) is 3.90. The third-order valence-electron chi connectivity index (χ3n) is 2.35. The molecule has 0 aromatic carbocycles. The van der Waals surface area contributed by atoms with Crippen LogP contribution < -0.4 is 19.6 Å². The van der Waals surface area contributed by atoms with E-state index in [1.54, 1.807) is 0 Å². The third kappa shape index (κ3) is 8.79. The van der Waals surface area contributed by atoms with Crippen LogP contribution >= 0.6 is 15.6 Å². The molecule has 22 heavy (non-hydrogen) atoms. The fourth-order valence-electron chi connectivity index (χ4n) is 1.46. The van der Waals surface area contributed by atoms with Gasteiger partial charge < -0.3 is 57.8 Å². The zero-order valence-corrected chi connectivity index (χ0v) is 17.2. The van der Waals surface area contributed by atoms with E-state index in [2.05, 4.69) is 13.8 Å². The summed E-state index contributed by atoms with van der Waals surface area (Å²) in [6.45, 7) is -2.37. The minimum Gasteiger partial charge on any atom is -0.790 e. The van der Waals surface area contributed by atoms with E-state index in [1.165, 1.54) is 0 Å². The molecule has 1 aliphatic rings. The Labute approximate surface area is 184 Å². The van der Waals surface area contributed by atoms with Crippen LogP contribution in [0.2, 0.25) is 0 Å². The molecule has 1 heterocycles. The average molecular weight is 416 g/mol. The molecule has 0 radical (unpaired) electrons. The summed E-state index contributed by atoms with van der Waals surface area (Å²) in [5, 5.41) is 28.5. The Morgan fingerprint density at radius 3 is 1.91 bits per heavy atom. The molecular weight excluding hydrogens is 406 g/mol. The number of aliphatic hydroxyl groups is 3. The summed E-state index contributed by atoms with van der Waals surface area (Å²) in [5.41, 5.74) is 0. The van der Waals surface area contributed by atoms with Crippen molar-refractivity contribution in [2.24, 2.45) is 0 Å². The standard InChI is InChI=1S/C6H14O12P2.2Ca/c7-4-3(1-16-19(10,11)12)18-6(9,5(4)8)2-17-20(13,14)15;;/h3-5,7-9H,1-2H2,(H2,10,11,12)(H2,13,14,15);;/q;2*+2/p-4/t3-,4-,5+,6-;;/m1../s1. The van der Waals surface area contributed by atoms with Crippen LogP contribution in [0.4, 0.5) is 0 Å². The topological polar surface area (TPSA) is 215 Å². The van der Waals surface area contributed by atoms with Gasteiger partial charge in [0.05, 0.1) is 22.3 Å². The Hall–Kier alpha value is 2.58. The molecule has 0 unspecified atom stereocenters. The van der Waals surface area contributed by atoms with Gasteiger partial charge in [0.25, 0.3) is 0 Å². The molecule has 0 aromatic rings. The average Bonchev–Trinajstić information content (AvgIpc) is 2.48. The fourth-order valence-corrected chi connectivity index (χ4v) is 2.13. The summed E-state index contributed by atoms with van der Waals surface area (Å²) >= 11 is 0. The van der Waals surface area contributed by atoms with Crippen LogP contribution in [0.15, 0.2) is 0 Å². The van der Waals surface area contributed by atoms with Crippen LogP contribution in [0.5, 0.6) is 0 Å². The van der Waals surface area contributed by atoms with Crippen LogP contribution in [-0.4, -0.2) is 128 Å². The molecule has 0 amide bonds. The molecule has 4 atom stereocenters. The monoisotopic (exact) mass is 416 g/mol. The maximum atomic E-state index is 10.3. The van der Waals surface area contributed by atoms with Gasteiger partial charge in [0.15, 0.2) is 0 Å². The maximum absolute atomic E-state index is 10.3. The number of hydrogen-bond donors (Lipinski definition) is 3. The molecule has 12 nitrogen and oxygen atoms in total. The molecule has 1 saturated heterocycles. The number of aliphatic hydroxyl groups excluding tert-OH is 2. The van der Waals surface area contributed by atoms with Crippen molar-refractivity contribution in [2.45, 2.75) is 24.1 Å². The normalized spacial score (nSPS) is 32.2. The van der Waals surface area contributed by atoms with Crippen molar-refractivity contribution in [3.05, 3.63) is 0 Å². The predicted octanol–water partition coefficient (Wildman–Crippen LogP) is -6.28. The molecule has 1 aliphatic heterocycles. The number of ether oxygens (including phenoxy) is 1. The fraction of sp³-hybridized carbons (Fsp3) is 1.00. The molecule has 120 valence electrons. The van der Waals surface area contributed by atoms with Gasteiger partial charge in [0.2, 0.25) is 5.79 Å². The van der Waals surface area contributed by atoms with Crippen LogP contribution in [0, 0.1) is 0 Å². The van der Waals surface area contributed by atoms with Crippen molar-refractivity contribution in [1.29, 1.82) is 0 Å². The Bertz CT molecular complexity index is 437. The zero-order chi connectivity index (χ0) is 15.8. The Morgan fingerprint density at radius 2 is 1.50 bits per heavy atom. The van der Waals surface area contributed by atoms with E-state index in [-0.39, 0.29) is 75.5 Å². The van der Waals surface area contributed by atoms with E-state index in [0.29, 0.717) is 0 Å². The second kappa shape index (κ2) is 10.1. The molecule has 1 fully saturated rings. The number of hydrogen-bond acceptors (Lipinski definition) is 12. The van der Waals surface area contributed by atoms with E-state index < -0.39 is 53.0 Å². The van der Waals surface area contributed by atoms with E-state index in [1.807, 2.05) is 0 Å². The van der Waals surface area contributed by atoms with Crippen LogP contribution in [-0.2, 0) is 22.9 Å². The quantitative estimate of drug-likeness (QED) is 0.272. The molecule has 3 N–H and O–H groups in total. The Kier molecular flexibility index (Phi) is 12.2. The first kappa shape index (κ1) is 26.8. The molecule has 0 bridgehead atoms. The van der Waals surface area contributed by atoms with E-state index in [0.717, 1.165) is 0 Å². The van der Waals surface area contributed by atoms with Crippen LogP contribution in [0.1, 0.15) is 0 Å². The molecule has 1 rings (SSSR count).